The molecule has 1 aromatic rings. The molecular weight excluding hydrogens is 162 g/mol. The molecule has 0 spiro atoms. The van der Waals surface area contributed by atoms with E-state index in [1.54, 1.807) is 0 Å². The van der Waals surface area contributed by atoms with Gasteiger partial charge in [-0.25, -0.2) is 9.97 Å². The maximum Gasteiger partial charge on any atom is 0.130 e. The lowest BCUT2D eigenvalue weighted by Crippen LogP contribution is -2.12. The smallest absolute Gasteiger partial charge is 0.130 e. The fourth-order valence-electron chi connectivity index (χ4n) is 1.16. The number of hydrogen-bond donors (Lipinski definition) is 1. The molecule has 0 saturated heterocycles. The summed E-state index contributed by atoms with van der Waals surface area (Å²) in [5, 5.41) is 3.27. The normalized spacial score (nSPS) is 10.5. The molecular formula is C10H17N3. The van der Waals surface area contributed by atoms with Crippen LogP contribution in [0.3, 0.4) is 0 Å². The molecule has 0 unspecified atom stereocenters. The number of nitrogens with zero attached hydrogens (tertiary/aromatic N) is 2. The van der Waals surface area contributed by atoms with E-state index in [-0.39, 0.29) is 0 Å². The van der Waals surface area contributed by atoms with Crippen LogP contribution in [0.4, 0.5) is 5.82 Å². The summed E-state index contributed by atoms with van der Waals surface area (Å²) in [6.07, 6.45) is 0.883. The number of nitrogens with one attached hydrogen (secondary N) is 1. The fourth-order valence-corrected chi connectivity index (χ4v) is 1.16. The predicted molar refractivity (Wildman–Crippen MR) is 54.9 cm³/mol. The molecule has 13 heavy (non-hydrogen) atoms. The molecule has 0 radical (unpaired) electrons. The van der Waals surface area contributed by atoms with Crippen LogP contribution in [0.25, 0.3) is 0 Å². The highest BCUT2D eigenvalue weighted by Gasteiger charge is 2.00. The first-order valence-corrected chi connectivity index (χ1v) is 4.73. The Morgan fingerprint density at radius 3 is 2.62 bits per heavy atom. The average molecular weight is 179 g/mol. The van der Waals surface area contributed by atoms with Gasteiger partial charge in [-0.05, 0) is 20.8 Å². The summed E-state index contributed by atoms with van der Waals surface area (Å²) in [5.74, 6) is 1.84. The van der Waals surface area contributed by atoms with Crippen molar-refractivity contribution in [2.45, 2.75) is 40.2 Å². The highest BCUT2D eigenvalue weighted by atomic mass is 15.0. The second kappa shape index (κ2) is 4.21. The summed E-state index contributed by atoms with van der Waals surface area (Å²) in [7, 11) is 0. The van der Waals surface area contributed by atoms with Crippen LogP contribution < -0.4 is 5.32 Å². The largest absolute Gasteiger partial charge is 0.368 e. The van der Waals surface area contributed by atoms with Crippen molar-refractivity contribution >= 4 is 5.82 Å². The van der Waals surface area contributed by atoms with Gasteiger partial charge < -0.3 is 5.32 Å². The quantitative estimate of drug-likeness (QED) is 0.772. The molecule has 0 fully saturated rings. The van der Waals surface area contributed by atoms with Gasteiger partial charge in [-0.2, -0.15) is 0 Å². The highest BCUT2D eigenvalue weighted by Crippen LogP contribution is 2.07. The van der Waals surface area contributed by atoms with Crippen LogP contribution in [0, 0.1) is 6.92 Å². The molecule has 0 aliphatic carbocycles. The molecule has 1 heterocycles. The number of hydrogen-bond acceptors (Lipinski definition) is 3. The molecule has 1 aromatic heterocycles. The summed E-state index contributed by atoms with van der Waals surface area (Å²) < 4.78 is 0. The van der Waals surface area contributed by atoms with E-state index in [4.69, 9.17) is 0 Å². The SMILES string of the molecule is CCc1nc(C)cc(NC(C)C)n1. The summed E-state index contributed by atoms with van der Waals surface area (Å²) in [6, 6.07) is 2.39. The van der Waals surface area contributed by atoms with E-state index < -0.39 is 0 Å². The molecule has 0 atom stereocenters. The Labute approximate surface area is 79.6 Å². The minimum Gasteiger partial charge on any atom is -0.368 e. The van der Waals surface area contributed by atoms with Crippen molar-refractivity contribution in [3.8, 4) is 0 Å². The Balaban J connectivity index is 2.88. The summed E-state index contributed by atoms with van der Waals surface area (Å²) in [4.78, 5) is 8.68. The zero-order valence-electron chi connectivity index (χ0n) is 8.76. The maximum absolute atomic E-state index is 4.37. The van der Waals surface area contributed by atoms with Crippen LogP contribution in [0.15, 0.2) is 6.07 Å². The van der Waals surface area contributed by atoms with E-state index >= 15 is 0 Å². The summed E-state index contributed by atoms with van der Waals surface area (Å²) in [5.41, 5.74) is 1.02. The van der Waals surface area contributed by atoms with Gasteiger partial charge in [0.15, 0.2) is 0 Å². The van der Waals surface area contributed by atoms with Crippen molar-refractivity contribution < 1.29 is 0 Å². The molecule has 0 aliphatic rings. The molecule has 3 heteroatoms. The highest BCUT2D eigenvalue weighted by molar-refractivity contribution is 5.36. The Morgan fingerprint density at radius 2 is 2.08 bits per heavy atom. The van der Waals surface area contributed by atoms with Crippen molar-refractivity contribution in [2.24, 2.45) is 0 Å². The van der Waals surface area contributed by atoms with Crippen molar-refractivity contribution in [3.05, 3.63) is 17.6 Å². The average Bonchev–Trinajstić information content (AvgIpc) is 2.01. The number of rotatable bonds is 3. The second-order valence-electron chi connectivity index (χ2n) is 3.46. The number of aromatic nitrogens is 2. The second-order valence-corrected chi connectivity index (χ2v) is 3.46. The van der Waals surface area contributed by atoms with Crippen LogP contribution in [0.1, 0.15) is 32.3 Å². The zero-order valence-corrected chi connectivity index (χ0v) is 8.76. The molecule has 0 bridgehead atoms. The van der Waals surface area contributed by atoms with Crippen LogP contribution in [0.2, 0.25) is 0 Å². The predicted octanol–water partition coefficient (Wildman–Crippen LogP) is 2.17. The first-order chi connectivity index (χ1) is 6.11. The van der Waals surface area contributed by atoms with Gasteiger partial charge >= 0.3 is 0 Å². The van der Waals surface area contributed by atoms with Gasteiger partial charge in [-0.15, -0.1) is 0 Å². The summed E-state index contributed by atoms with van der Waals surface area (Å²) in [6.45, 7) is 8.26. The Kier molecular flexibility index (Phi) is 3.23. The zero-order chi connectivity index (χ0) is 9.84. The van der Waals surface area contributed by atoms with E-state index in [2.05, 4.69) is 36.1 Å². The Morgan fingerprint density at radius 1 is 1.38 bits per heavy atom. The maximum atomic E-state index is 4.37. The van der Waals surface area contributed by atoms with E-state index in [9.17, 15) is 0 Å². The molecule has 1 rings (SSSR count). The third-order valence-electron chi connectivity index (χ3n) is 1.65. The van der Waals surface area contributed by atoms with Crippen LogP contribution in [-0.2, 0) is 6.42 Å². The first kappa shape index (κ1) is 9.96. The van der Waals surface area contributed by atoms with Crippen LogP contribution >= 0.6 is 0 Å². The van der Waals surface area contributed by atoms with E-state index in [0.29, 0.717) is 6.04 Å². The van der Waals surface area contributed by atoms with Crippen molar-refractivity contribution in [1.29, 1.82) is 0 Å². The summed E-state index contributed by atoms with van der Waals surface area (Å²) >= 11 is 0. The number of aryl methyl sites for hydroxylation is 2. The molecule has 3 nitrogen and oxygen atoms in total. The minimum atomic E-state index is 0.416. The van der Waals surface area contributed by atoms with E-state index in [1.807, 2.05) is 13.0 Å². The first-order valence-electron chi connectivity index (χ1n) is 4.73. The molecule has 1 N–H and O–H groups in total. The molecule has 0 aliphatic heterocycles. The lowest BCUT2D eigenvalue weighted by atomic mass is 10.3. The standard InChI is InChI=1S/C10H17N3/c1-5-9-12-8(4)6-10(13-9)11-7(2)3/h6-7H,5H2,1-4H3,(H,11,12,13). The van der Waals surface area contributed by atoms with Crippen molar-refractivity contribution in [1.82, 2.24) is 9.97 Å². The van der Waals surface area contributed by atoms with Crippen molar-refractivity contribution in [3.63, 3.8) is 0 Å². The van der Waals surface area contributed by atoms with Gasteiger partial charge in [0.1, 0.15) is 11.6 Å². The van der Waals surface area contributed by atoms with Gasteiger partial charge in [0.05, 0.1) is 0 Å². The van der Waals surface area contributed by atoms with Gasteiger partial charge in [0.25, 0.3) is 0 Å². The molecule has 0 amide bonds. The van der Waals surface area contributed by atoms with Gasteiger partial charge in [0, 0.05) is 24.2 Å². The van der Waals surface area contributed by atoms with Crippen LogP contribution in [-0.4, -0.2) is 16.0 Å². The third-order valence-corrected chi connectivity index (χ3v) is 1.65. The molecule has 72 valence electrons. The van der Waals surface area contributed by atoms with Gasteiger partial charge in [-0.3, -0.25) is 0 Å². The van der Waals surface area contributed by atoms with Gasteiger partial charge in [0.2, 0.25) is 0 Å². The van der Waals surface area contributed by atoms with Gasteiger partial charge in [-0.1, -0.05) is 6.92 Å². The van der Waals surface area contributed by atoms with E-state index in [1.165, 1.54) is 0 Å². The van der Waals surface area contributed by atoms with Crippen molar-refractivity contribution in [2.75, 3.05) is 5.32 Å². The molecule has 0 saturated carbocycles. The van der Waals surface area contributed by atoms with Crippen LogP contribution in [0.5, 0.6) is 0 Å². The lowest BCUT2D eigenvalue weighted by Gasteiger charge is -2.10. The van der Waals surface area contributed by atoms with E-state index in [0.717, 1.165) is 23.8 Å². The molecule has 0 aromatic carbocycles. The fraction of sp³-hybridized carbons (Fsp3) is 0.600. The monoisotopic (exact) mass is 179 g/mol. The number of anilines is 1. The lowest BCUT2D eigenvalue weighted by molar-refractivity contribution is 0.861. The minimum absolute atomic E-state index is 0.416. The Hall–Kier alpha value is -1.12. The Bertz CT molecular complexity index is 281. The third kappa shape index (κ3) is 3.01. The topological polar surface area (TPSA) is 37.8 Å².